The standard InChI is InChI=1S/C16H17BrFN3O4S/c17-12-7-11(1-2-13(12)18)9-14(19-22)16-15(20-25-21-16)8-10-3-5-26(23,24)6-4-10/h1-2,7,10,22H,3-6,8-9H2/i1D,2D,5D2,6D2,7D. The molecule has 0 spiro atoms. The van der Waals surface area contributed by atoms with Crippen LogP contribution >= 0.6 is 15.9 Å². The van der Waals surface area contributed by atoms with Crippen LogP contribution in [0.25, 0.3) is 0 Å². The van der Waals surface area contributed by atoms with E-state index in [-0.39, 0.29) is 33.6 Å². The maximum Gasteiger partial charge on any atom is 0.156 e. The summed E-state index contributed by atoms with van der Waals surface area (Å²) in [6.07, 6.45) is -1.60. The van der Waals surface area contributed by atoms with Gasteiger partial charge in [-0.15, -0.1) is 0 Å². The summed E-state index contributed by atoms with van der Waals surface area (Å²) in [6, 6.07) is -1.80. The summed E-state index contributed by atoms with van der Waals surface area (Å²) in [5, 5.41) is 19.9. The highest BCUT2D eigenvalue weighted by Crippen LogP contribution is 2.24. The summed E-state index contributed by atoms with van der Waals surface area (Å²) in [7, 11) is -4.70. The quantitative estimate of drug-likeness (QED) is 0.424. The number of benzene rings is 1. The Labute approximate surface area is 168 Å². The molecule has 2 heterocycles. The van der Waals surface area contributed by atoms with Crippen LogP contribution in [0.2, 0.25) is 0 Å². The molecule has 0 amide bonds. The molecule has 0 radical (unpaired) electrons. The number of rotatable bonds is 5. The van der Waals surface area contributed by atoms with Gasteiger partial charge in [0, 0.05) is 11.9 Å². The molecule has 1 fully saturated rings. The molecular weight excluding hydrogens is 429 g/mol. The van der Waals surface area contributed by atoms with Crippen LogP contribution in [0.4, 0.5) is 4.39 Å². The third kappa shape index (κ3) is 4.47. The Balaban J connectivity index is 1.92. The molecule has 0 saturated carbocycles. The Kier molecular flexibility index (Phi) is 3.56. The van der Waals surface area contributed by atoms with E-state index in [0.717, 1.165) is 0 Å². The highest BCUT2D eigenvalue weighted by Gasteiger charge is 2.27. The smallest absolute Gasteiger partial charge is 0.156 e. The first kappa shape index (κ1) is 11.8. The molecule has 0 unspecified atom stereocenters. The van der Waals surface area contributed by atoms with Gasteiger partial charge in [0.05, 0.1) is 20.0 Å². The SMILES string of the molecule is [2H]c1c([2H])c(CC(=NO)c2nonc2CC2CC([2H])([2H])S(=O)(=O)C([2H])([2H])C2)c([2H])c(Br)c1F. The van der Waals surface area contributed by atoms with Gasteiger partial charge >= 0.3 is 0 Å². The second kappa shape index (κ2) is 7.83. The fraction of sp³-hybridized carbons (Fsp3) is 0.438. The number of halogens is 2. The van der Waals surface area contributed by atoms with Gasteiger partial charge in [-0.3, -0.25) is 0 Å². The summed E-state index contributed by atoms with van der Waals surface area (Å²) in [5.74, 6) is -1.90. The number of hydrogen-bond acceptors (Lipinski definition) is 7. The highest BCUT2D eigenvalue weighted by atomic mass is 79.9. The van der Waals surface area contributed by atoms with Crippen molar-refractivity contribution in [2.24, 2.45) is 11.1 Å². The minimum absolute atomic E-state index is 0.0176. The van der Waals surface area contributed by atoms with Crippen molar-refractivity contribution in [1.82, 2.24) is 10.3 Å². The largest absolute Gasteiger partial charge is 0.411 e. The lowest BCUT2D eigenvalue weighted by Gasteiger charge is -2.20. The van der Waals surface area contributed by atoms with Gasteiger partial charge in [-0.2, -0.15) is 0 Å². The van der Waals surface area contributed by atoms with Gasteiger partial charge in [0.15, 0.2) is 5.69 Å². The summed E-state index contributed by atoms with van der Waals surface area (Å²) in [5.41, 5.74) is -6.14. The fourth-order valence-corrected chi connectivity index (χ4v) is 3.73. The van der Waals surface area contributed by atoms with Crippen molar-refractivity contribution in [1.29, 1.82) is 0 Å². The van der Waals surface area contributed by atoms with Gasteiger partial charge in [0.2, 0.25) is 0 Å². The number of sulfone groups is 1. The van der Waals surface area contributed by atoms with Gasteiger partial charge in [-0.25, -0.2) is 17.4 Å². The number of aromatic nitrogens is 2. The number of hydrogen-bond donors (Lipinski definition) is 1. The minimum atomic E-state index is -4.70. The van der Waals surface area contributed by atoms with E-state index in [9.17, 15) is 18.0 Å². The van der Waals surface area contributed by atoms with Crippen LogP contribution in [-0.4, -0.2) is 41.1 Å². The molecule has 0 atom stereocenters. The van der Waals surface area contributed by atoms with Crippen molar-refractivity contribution < 1.29 is 32.2 Å². The lowest BCUT2D eigenvalue weighted by Crippen LogP contribution is -2.25. The lowest BCUT2D eigenvalue weighted by atomic mass is 9.94. The third-order valence-electron chi connectivity index (χ3n) is 3.68. The zero-order chi connectivity index (χ0) is 24.9. The Morgan fingerprint density at radius 1 is 1.46 bits per heavy atom. The Hall–Kier alpha value is -1.81. The van der Waals surface area contributed by atoms with Crippen molar-refractivity contribution in [3.63, 3.8) is 0 Å². The van der Waals surface area contributed by atoms with Crippen molar-refractivity contribution in [2.45, 2.75) is 25.7 Å². The molecule has 1 aromatic heterocycles. The molecule has 2 aromatic rings. The Morgan fingerprint density at radius 3 is 2.88 bits per heavy atom. The predicted octanol–water partition coefficient (Wildman–Crippen LogP) is 2.76. The summed E-state index contributed by atoms with van der Waals surface area (Å²) < 4.78 is 97.4. The molecule has 0 aliphatic carbocycles. The Bertz CT molecular complexity index is 1190. The summed E-state index contributed by atoms with van der Waals surface area (Å²) in [4.78, 5) is 0. The first-order valence-electron chi connectivity index (χ1n) is 10.8. The molecule has 1 N–H and O–H groups in total. The average molecular weight is 453 g/mol. The van der Waals surface area contributed by atoms with Crippen molar-refractivity contribution in [2.75, 3.05) is 11.4 Å². The lowest BCUT2D eigenvalue weighted by molar-refractivity contribution is 0.298. The molecule has 26 heavy (non-hydrogen) atoms. The van der Waals surface area contributed by atoms with E-state index < -0.39 is 70.4 Å². The molecular formula is C16H17BrFN3O4S. The van der Waals surface area contributed by atoms with Crippen LogP contribution in [0.3, 0.4) is 0 Å². The molecule has 10 heteroatoms. The van der Waals surface area contributed by atoms with Gasteiger partial charge in [0.25, 0.3) is 0 Å². The van der Waals surface area contributed by atoms with E-state index in [1.807, 2.05) is 0 Å². The molecule has 7 nitrogen and oxygen atoms in total. The molecule has 140 valence electrons. The third-order valence-corrected chi connectivity index (χ3v) is 5.32. The van der Waals surface area contributed by atoms with Crippen molar-refractivity contribution in [3.05, 3.63) is 45.4 Å². The predicted molar refractivity (Wildman–Crippen MR) is 95.5 cm³/mol. The molecule has 0 bridgehead atoms. The van der Waals surface area contributed by atoms with Crippen molar-refractivity contribution in [3.8, 4) is 0 Å². The maximum absolute atomic E-state index is 13.9. The van der Waals surface area contributed by atoms with Crippen LogP contribution in [-0.2, 0) is 22.7 Å². The van der Waals surface area contributed by atoms with Crippen LogP contribution in [0.15, 0.2) is 32.4 Å². The van der Waals surface area contributed by atoms with Gasteiger partial charge in [-0.05, 0) is 63.9 Å². The molecule has 1 saturated heterocycles. The van der Waals surface area contributed by atoms with E-state index in [2.05, 4.69) is 36.0 Å². The first-order chi connectivity index (χ1) is 15.1. The van der Waals surface area contributed by atoms with Crippen LogP contribution in [0.1, 0.15) is 39.4 Å². The van der Waals surface area contributed by atoms with Gasteiger partial charge in [-0.1, -0.05) is 16.4 Å². The number of nitrogens with zero attached hydrogens (tertiary/aromatic N) is 3. The Morgan fingerprint density at radius 2 is 2.19 bits per heavy atom. The topological polar surface area (TPSA) is 106 Å². The molecule has 3 rings (SSSR count). The van der Waals surface area contributed by atoms with Crippen LogP contribution in [0.5, 0.6) is 0 Å². The van der Waals surface area contributed by atoms with E-state index in [1.54, 1.807) is 0 Å². The second-order valence-corrected chi connectivity index (χ2v) is 7.91. The zero-order valence-corrected chi connectivity index (χ0v) is 15.5. The summed E-state index contributed by atoms with van der Waals surface area (Å²) >= 11 is 2.85. The molecule has 1 aromatic carbocycles. The first-order valence-corrected chi connectivity index (χ1v) is 9.62. The van der Waals surface area contributed by atoms with E-state index >= 15 is 0 Å². The maximum atomic E-state index is 13.9. The average Bonchev–Trinajstić information content (AvgIpc) is 3.17. The monoisotopic (exact) mass is 452 g/mol. The normalized spacial score (nSPS) is 25.9. The second-order valence-electron chi connectivity index (χ2n) is 5.54. The van der Waals surface area contributed by atoms with Crippen molar-refractivity contribution >= 4 is 31.5 Å². The van der Waals surface area contributed by atoms with Crippen LogP contribution in [0, 0.1) is 11.7 Å². The van der Waals surface area contributed by atoms with E-state index in [0.29, 0.717) is 0 Å². The van der Waals surface area contributed by atoms with Gasteiger partial charge < -0.3 is 5.21 Å². The minimum Gasteiger partial charge on any atom is -0.411 e. The zero-order valence-electron chi connectivity index (χ0n) is 20.1. The van der Waals surface area contributed by atoms with Gasteiger partial charge in [0.1, 0.15) is 27.1 Å². The molecule has 1 aliphatic heterocycles. The van der Waals surface area contributed by atoms with Crippen LogP contribution < -0.4 is 0 Å². The highest BCUT2D eigenvalue weighted by molar-refractivity contribution is 9.10. The molecule has 1 aliphatic rings. The van der Waals surface area contributed by atoms with E-state index in [4.69, 9.17) is 9.60 Å². The fourth-order valence-electron chi connectivity index (χ4n) is 2.38. The summed E-state index contributed by atoms with van der Waals surface area (Å²) in [6.45, 7) is 0. The van der Waals surface area contributed by atoms with E-state index in [1.165, 1.54) is 0 Å². The number of oxime groups is 1.